The lowest BCUT2D eigenvalue weighted by Gasteiger charge is -2.40. The Morgan fingerprint density at radius 1 is 1.03 bits per heavy atom. The fourth-order valence-corrected chi connectivity index (χ4v) is 4.25. The molecule has 9 heteroatoms. The van der Waals surface area contributed by atoms with Crippen LogP contribution < -0.4 is 19.7 Å². The summed E-state index contributed by atoms with van der Waals surface area (Å²) in [6.45, 7) is 0.940. The maximum Gasteiger partial charge on any atom is 0.264 e. The summed E-state index contributed by atoms with van der Waals surface area (Å²) in [5.74, 6) is 0.0454. The van der Waals surface area contributed by atoms with E-state index in [1.165, 1.54) is 14.2 Å². The lowest BCUT2D eigenvalue weighted by molar-refractivity contribution is -0.121. The van der Waals surface area contributed by atoms with Gasteiger partial charge in [-0.2, -0.15) is 0 Å². The molecule has 0 saturated heterocycles. The van der Waals surface area contributed by atoms with Crippen molar-refractivity contribution >= 4 is 23.4 Å². The van der Waals surface area contributed by atoms with Gasteiger partial charge in [0.1, 0.15) is 6.17 Å². The van der Waals surface area contributed by atoms with Crippen LogP contribution in [0.1, 0.15) is 38.9 Å². The van der Waals surface area contributed by atoms with Crippen LogP contribution in [-0.4, -0.2) is 63.6 Å². The summed E-state index contributed by atoms with van der Waals surface area (Å²) in [5, 5.41) is 2.76. The van der Waals surface area contributed by atoms with Gasteiger partial charge < -0.3 is 24.4 Å². The van der Waals surface area contributed by atoms with Crippen LogP contribution >= 0.6 is 0 Å². The van der Waals surface area contributed by atoms with E-state index in [0.717, 1.165) is 0 Å². The first-order valence-electron chi connectivity index (χ1n) is 10.3. The molecule has 2 aliphatic heterocycles. The van der Waals surface area contributed by atoms with E-state index >= 15 is 0 Å². The van der Waals surface area contributed by atoms with Gasteiger partial charge in [-0.15, -0.1) is 0 Å². The van der Waals surface area contributed by atoms with Crippen LogP contribution in [0.15, 0.2) is 36.4 Å². The van der Waals surface area contributed by atoms with E-state index in [0.29, 0.717) is 47.0 Å². The molecule has 2 aromatic rings. The van der Waals surface area contributed by atoms with Gasteiger partial charge in [-0.05, 0) is 18.2 Å². The third-order valence-corrected chi connectivity index (χ3v) is 5.69. The van der Waals surface area contributed by atoms with Gasteiger partial charge in [0.15, 0.2) is 11.5 Å². The van der Waals surface area contributed by atoms with Crippen LogP contribution in [-0.2, 0) is 9.53 Å². The van der Waals surface area contributed by atoms with E-state index in [9.17, 15) is 14.4 Å². The number of rotatable bonds is 8. The molecule has 32 heavy (non-hydrogen) atoms. The number of anilines is 1. The molecule has 3 amide bonds. The number of hydrogen-bond donors (Lipinski definition) is 1. The normalized spacial score (nSPS) is 16.4. The van der Waals surface area contributed by atoms with Crippen molar-refractivity contribution < 1.29 is 28.6 Å². The molecule has 4 rings (SSSR count). The minimum atomic E-state index is -0.675. The highest BCUT2D eigenvalue weighted by Gasteiger charge is 2.49. The number of methoxy groups -OCH3 is 3. The zero-order chi connectivity index (χ0) is 22.8. The second-order valence-corrected chi connectivity index (χ2v) is 7.42. The highest BCUT2D eigenvalue weighted by molar-refractivity contribution is 6.18. The van der Waals surface area contributed by atoms with Crippen molar-refractivity contribution in [3.05, 3.63) is 53.1 Å². The van der Waals surface area contributed by atoms with Crippen molar-refractivity contribution in [1.82, 2.24) is 10.2 Å². The minimum absolute atomic E-state index is 0.0960. The number of para-hydroxylation sites is 1. The summed E-state index contributed by atoms with van der Waals surface area (Å²) in [7, 11) is 4.54. The number of fused-ring (bicyclic) bond motifs is 5. The van der Waals surface area contributed by atoms with E-state index in [1.54, 1.807) is 53.3 Å². The van der Waals surface area contributed by atoms with Gasteiger partial charge in [-0.1, -0.05) is 18.2 Å². The summed E-state index contributed by atoms with van der Waals surface area (Å²) in [6.07, 6.45) is -0.579. The van der Waals surface area contributed by atoms with Crippen LogP contribution in [0.25, 0.3) is 0 Å². The van der Waals surface area contributed by atoms with Gasteiger partial charge in [-0.25, -0.2) is 0 Å². The van der Waals surface area contributed by atoms with Crippen molar-refractivity contribution in [1.29, 1.82) is 0 Å². The summed E-state index contributed by atoms with van der Waals surface area (Å²) in [6, 6.07) is 10.5. The Labute approximate surface area is 185 Å². The van der Waals surface area contributed by atoms with Crippen molar-refractivity contribution in [2.24, 2.45) is 0 Å². The van der Waals surface area contributed by atoms with Gasteiger partial charge >= 0.3 is 0 Å². The molecule has 0 aliphatic carbocycles. The third-order valence-electron chi connectivity index (χ3n) is 5.69. The van der Waals surface area contributed by atoms with Crippen molar-refractivity contribution in [3.8, 4) is 11.5 Å². The smallest absolute Gasteiger partial charge is 0.264 e. The Balaban J connectivity index is 1.74. The van der Waals surface area contributed by atoms with Gasteiger partial charge in [0.25, 0.3) is 11.8 Å². The molecule has 1 N–H and O–H groups in total. The number of benzene rings is 2. The number of carbonyl (C=O) groups excluding carboxylic acids is 3. The van der Waals surface area contributed by atoms with Crippen molar-refractivity contribution in [2.45, 2.75) is 12.6 Å². The molecule has 0 radical (unpaired) electrons. The molecule has 2 heterocycles. The number of carbonyl (C=O) groups is 3. The number of hydrogen-bond acceptors (Lipinski definition) is 6. The van der Waals surface area contributed by atoms with Crippen molar-refractivity contribution in [3.63, 3.8) is 0 Å². The Bertz CT molecular complexity index is 1070. The predicted molar refractivity (Wildman–Crippen MR) is 116 cm³/mol. The van der Waals surface area contributed by atoms with Crippen LogP contribution in [0.5, 0.6) is 11.5 Å². The lowest BCUT2D eigenvalue weighted by Crippen LogP contribution is -2.49. The van der Waals surface area contributed by atoms with E-state index in [2.05, 4.69) is 5.32 Å². The average molecular weight is 439 g/mol. The van der Waals surface area contributed by atoms with Crippen LogP contribution in [0.2, 0.25) is 0 Å². The Kier molecular flexibility index (Phi) is 6.00. The van der Waals surface area contributed by atoms with E-state index in [4.69, 9.17) is 14.2 Å². The Morgan fingerprint density at radius 3 is 2.53 bits per heavy atom. The van der Waals surface area contributed by atoms with Crippen LogP contribution in [0, 0.1) is 0 Å². The second kappa shape index (κ2) is 8.88. The molecule has 168 valence electrons. The molecule has 0 saturated carbocycles. The molecule has 2 aliphatic rings. The highest BCUT2D eigenvalue weighted by Crippen LogP contribution is 2.49. The quantitative estimate of drug-likeness (QED) is 0.632. The van der Waals surface area contributed by atoms with E-state index in [-0.39, 0.29) is 30.7 Å². The first-order chi connectivity index (χ1) is 15.5. The molecule has 0 spiro atoms. The Hall–Kier alpha value is -3.59. The molecule has 0 bridgehead atoms. The summed E-state index contributed by atoms with van der Waals surface area (Å²) in [5.41, 5.74) is 1.94. The second-order valence-electron chi connectivity index (χ2n) is 7.42. The molecular formula is C23H25N3O6. The van der Waals surface area contributed by atoms with Gasteiger partial charge in [-0.3, -0.25) is 19.3 Å². The minimum Gasteiger partial charge on any atom is -0.493 e. The standard InChI is InChI=1S/C23H25N3O6/c1-30-13-11-24-18(27)10-12-25-21-15-8-9-17(31-2)20(32-3)19(15)23(29)26(21)16-7-5-4-6-14(16)22(25)28/h4-9,21H,10-13H2,1-3H3,(H,24,27)/t21-/m1/s1. The molecule has 2 aromatic carbocycles. The lowest BCUT2D eigenvalue weighted by atomic mass is 10.0. The fraction of sp³-hybridized carbons (Fsp3) is 0.348. The topological polar surface area (TPSA) is 97.4 Å². The third kappa shape index (κ3) is 3.44. The van der Waals surface area contributed by atoms with Crippen molar-refractivity contribution in [2.75, 3.05) is 45.9 Å². The summed E-state index contributed by atoms with van der Waals surface area (Å²) in [4.78, 5) is 42.4. The highest BCUT2D eigenvalue weighted by atomic mass is 16.5. The largest absolute Gasteiger partial charge is 0.493 e. The zero-order valence-corrected chi connectivity index (χ0v) is 18.2. The molecule has 0 unspecified atom stereocenters. The summed E-state index contributed by atoms with van der Waals surface area (Å²) < 4.78 is 15.8. The predicted octanol–water partition coefficient (Wildman–Crippen LogP) is 1.97. The maximum absolute atomic E-state index is 13.6. The monoisotopic (exact) mass is 439 g/mol. The van der Waals surface area contributed by atoms with Gasteiger partial charge in [0.2, 0.25) is 5.91 Å². The first kappa shape index (κ1) is 21.6. The van der Waals surface area contributed by atoms with Crippen LogP contribution in [0.4, 0.5) is 5.69 Å². The number of amides is 3. The van der Waals surface area contributed by atoms with Gasteiger partial charge in [0, 0.05) is 32.2 Å². The van der Waals surface area contributed by atoms with Gasteiger partial charge in [0.05, 0.1) is 37.6 Å². The fourth-order valence-electron chi connectivity index (χ4n) is 4.25. The first-order valence-corrected chi connectivity index (χ1v) is 10.3. The van der Waals surface area contributed by atoms with Crippen LogP contribution in [0.3, 0.4) is 0 Å². The molecule has 9 nitrogen and oxygen atoms in total. The molecule has 0 fully saturated rings. The maximum atomic E-state index is 13.6. The number of nitrogens with one attached hydrogen (secondary N) is 1. The zero-order valence-electron chi connectivity index (χ0n) is 18.2. The molecular weight excluding hydrogens is 414 g/mol. The SMILES string of the molecule is COCCNC(=O)CCN1C(=O)c2ccccc2N2C(=O)c3c(ccc(OC)c3OC)[C@H]12. The molecule has 0 aromatic heterocycles. The average Bonchev–Trinajstić information content (AvgIpc) is 3.11. The Morgan fingerprint density at radius 2 is 1.81 bits per heavy atom. The van der Waals surface area contributed by atoms with E-state index < -0.39 is 6.17 Å². The number of nitrogens with zero attached hydrogens (tertiary/aromatic N) is 2. The summed E-state index contributed by atoms with van der Waals surface area (Å²) >= 11 is 0. The number of ether oxygens (including phenoxy) is 3. The van der Waals surface area contributed by atoms with E-state index in [1.807, 2.05) is 0 Å². The molecule has 1 atom stereocenters.